The molecule has 0 aliphatic carbocycles. The third-order valence-corrected chi connectivity index (χ3v) is 9.08. The van der Waals surface area contributed by atoms with Gasteiger partial charge in [0.15, 0.2) is 0 Å². The van der Waals surface area contributed by atoms with Crippen molar-refractivity contribution in [2.75, 3.05) is 0 Å². The lowest BCUT2D eigenvalue weighted by atomic mass is 9.73. The predicted octanol–water partition coefficient (Wildman–Crippen LogP) is 12.1. The molecule has 0 radical (unpaired) electrons. The van der Waals surface area contributed by atoms with E-state index in [0.717, 1.165) is 77.0 Å². The summed E-state index contributed by atoms with van der Waals surface area (Å²) in [7, 11) is 0. The van der Waals surface area contributed by atoms with Crippen LogP contribution in [0.5, 0.6) is 0 Å². The van der Waals surface area contributed by atoms with Gasteiger partial charge in [0.2, 0.25) is 0 Å². The van der Waals surface area contributed by atoms with E-state index in [1.165, 1.54) is 25.7 Å². The van der Waals surface area contributed by atoms with Gasteiger partial charge in [0, 0.05) is 0 Å². The van der Waals surface area contributed by atoms with Crippen molar-refractivity contribution in [3.05, 3.63) is 0 Å². The first-order valence-corrected chi connectivity index (χ1v) is 17.1. The van der Waals surface area contributed by atoms with Crippen molar-refractivity contribution in [2.45, 2.75) is 184 Å². The Morgan fingerprint density at radius 1 is 0.425 bits per heavy atom. The minimum Gasteiger partial charge on any atom is -0.198 e. The highest BCUT2D eigenvalue weighted by atomic mass is 15.1. The van der Waals surface area contributed by atoms with Gasteiger partial charge in [0.25, 0.3) is 0 Å². The molecule has 2 unspecified atom stereocenters. The van der Waals surface area contributed by atoms with Crippen LogP contribution >= 0.6 is 0 Å². The molecule has 0 aliphatic heterocycles. The maximum absolute atomic E-state index is 10.5. The van der Waals surface area contributed by atoms with E-state index in [2.05, 4.69) is 81.4 Å². The van der Waals surface area contributed by atoms with Gasteiger partial charge in [-0.15, -0.1) is 0 Å². The Bertz CT molecular complexity index is 643. The maximum atomic E-state index is 10.5. The summed E-state index contributed by atoms with van der Waals surface area (Å²) >= 11 is 0. The number of nitrogens with zero attached hydrogens (tertiary/aromatic N) is 4. The summed E-state index contributed by atoms with van der Waals surface area (Å²) in [6.07, 6.45) is 17.3. The fourth-order valence-electron chi connectivity index (χ4n) is 5.89. The molecule has 0 heterocycles. The molecule has 0 aromatic carbocycles. The van der Waals surface area contributed by atoms with Crippen LogP contribution in [0.25, 0.3) is 0 Å². The number of unbranched alkanes of at least 4 members (excludes halogenated alkanes) is 4. The van der Waals surface area contributed by atoms with Crippen molar-refractivity contribution in [2.24, 2.45) is 44.7 Å². The SMILES string of the molecule is CC(C)CCCCC(C#N)(CCCCC(C)C)C(C)N=NC(C)C(C#N)(CCCCC(C)C)CCCCC(C)C. The van der Waals surface area contributed by atoms with Gasteiger partial charge < -0.3 is 0 Å². The Morgan fingerprint density at radius 2 is 0.650 bits per heavy atom. The van der Waals surface area contributed by atoms with Crippen molar-refractivity contribution in [3.63, 3.8) is 0 Å². The molecule has 0 bridgehead atoms. The fourth-order valence-corrected chi connectivity index (χ4v) is 5.89. The lowest BCUT2D eigenvalue weighted by molar-refractivity contribution is 0.229. The smallest absolute Gasteiger partial charge is 0.0866 e. The van der Waals surface area contributed by atoms with Crippen LogP contribution in [-0.4, -0.2) is 12.1 Å². The van der Waals surface area contributed by atoms with Crippen LogP contribution in [0.15, 0.2) is 10.2 Å². The zero-order chi connectivity index (χ0) is 30.6. The van der Waals surface area contributed by atoms with Gasteiger partial charge in [-0.05, 0) is 63.2 Å². The van der Waals surface area contributed by atoms with Crippen molar-refractivity contribution in [1.29, 1.82) is 10.5 Å². The molecule has 4 nitrogen and oxygen atoms in total. The first-order valence-electron chi connectivity index (χ1n) is 17.1. The molecule has 40 heavy (non-hydrogen) atoms. The quantitative estimate of drug-likeness (QED) is 0.0875. The predicted molar refractivity (Wildman–Crippen MR) is 173 cm³/mol. The lowest BCUT2D eigenvalue weighted by Crippen LogP contribution is -2.33. The Hall–Kier alpha value is -1.42. The van der Waals surface area contributed by atoms with E-state index in [4.69, 9.17) is 10.2 Å². The molecule has 2 atom stereocenters. The summed E-state index contributed by atoms with van der Waals surface area (Å²) in [5.41, 5.74) is -0.942. The topological polar surface area (TPSA) is 72.3 Å². The van der Waals surface area contributed by atoms with Gasteiger partial charge in [0.1, 0.15) is 0 Å². The molecule has 0 rings (SSSR count). The van der Waals surface area contributed by atoms with Crippen molar-refractivity contribution < 1.29 is 0 Å². The molecular formula is C36H68N4. The zero-order valence-corrected chi connectivity index (χ0v) is 28.6. The normalized spacial score (nSPS) is 14.4. The van der Waals surface area contributed by atoms with Crippen LogP contribution in [0.4, 0.5) is 0 Å². The van der Waals surface area contributed by atoms with Gasteiger partial charge in [-0.25, -0.2) is 0 Å². The third kappa shape index (κ3) is 16.1. The molecule has 0 amide bonds. The monoisotopic (exact) mass is 557 g/mol. The highest BCUT2D eigenvalue weighted by Crippen LogP contribution is 2.40. The van der Waals surface area contributed by atoms with Gasteiger partial charge in [0.05, 0.1) is 35.1 Å². The van der Waals surface area contributed by atoms with Crippen molar-refractivity contribution in [1.82, 2.24) is 0 Å². The number of nitriles is 2. The Kier molecular flexibility index (Phi) is 20.6. The number of rotatable bonds is 24. The molecule has 0 N–H and O–H groups in total. The van der Waals surface area contributed by atoms with Crippen LogP contribution in [0.3, 0.4) is 0 Å². The number of azo groups is 1. The molecule has 0 spiro atoms. The van der Waals surface area contributed by atoms with Crippen molar-refractivity contribution >= 4 is 0 Å². The summed E-state index contributed by atoms with van der Waals surface area (Å²) in [4.78, 5) is 0. The molecule has 232 valence electrons. The van der Waals surface area contributed by atoms with E-state index in [9.17, 15) is 10.5 Å². The van der Waals surface area contributed by atoms with Crippen LogP contribution in [-0.2, 0) is 0 Å². The number of hydrogen-bond donors (Lipinski definition) is 0. The van der Waals surface area contributed by atoms with E-state index in [0.29, 0.717) is 23.7 Å². The van der Waals surface area contributed by atoms with E-state index >= 15 is 0 Å². The molecule has 0 aliphatic rings. The molecule has 0 aromatic rings. The average molecular weight is 557 g/mol. The summed E-state index contributed by atoms with van der Waals surface area (Å²) in [6.45, 7) is 22.4. The second kappa shape index (κ2) is 21.3. The Morgan fingerprint density at radius 3 is 0.825 bits per heavy atom. The molecule has 0 saturated heterocycles. The molecular weight excluding hydrogens is 488 g/mol. The van der Waals surface area contributed by atoms with Gasteiger partial charge in [-0.3, -0.25) is 0 Å². The molecule has 0 fully saturated rings. The van der Waals surface area contributed by atoms with Crippen LogP contribution in [0, 0.1) is 57.2 Å². The third-order valence-electron chi connectivity index (χ3n) is 9.08. The van der Waals surface area contributed by atoms with E-state index in [1.807, 2.05) is 0 Å². The first kappa shape index (κ1) is 38.6. The second-order valence-corrected chi connectivity index (χ2v) is 14.7. The van der Waals surface area contributed by atoms with Crippen LogP contribution in [0.2, 0.25) is 0 Å². The number of hydrogen-bond acceptors (Lipinski definition) is 4. The highest BCUT2D eigenvalue weighted by molar-refractivity contribution is 5.07. The van der Waals surface area contributed by atoms with Crippen LogP contribution < -0.4 is 0 Å². The van der Waals surface area contributed by atoms with E-state index in [1.54, 1.807) is 0 Å². The van der Waals surface area contributed by atoms with Crippen molar-refractivity contribution in [3.8, 4) is 12.1 Å². The van der Waals surface area contributed by atoms with Crippen LogP contribution in [0.1, 0.15) is 172 Å². The second-order valence-electron chi connectivity index (χ2n) is 14.7. The summed E-state index contributed by atoms with van der Waals surface area (Å²) in [6, 6.07) is 5.20. The summed E-state index contributed by atoms with van der Waals surface area (Å²) < 4.78 is 0. The van der Waals surface area contributed by atoms with E-state index in [-0.39, 0.29) is 12.1 Å². The summed E-state index contributed by atoms with van der Waals surface area (Å²) in [5.74, 6) is 2.78. The average Bonchev–Trinajstić information content (AvgIpc) is 2.89. The molecule has 4 heteroatoms. The Labute approximate surface area is 251 Å². The Balaban J connectivity index is 5.75. The van der Waals surface area contributed by atoms with E-state index < -0.39 is 10.8 Å². The molecule has 0 saturated carbocycles. The fraction of sp³-hybridized carbons (Fsp3) is 0.944. The zero-order valence-electron chi connectivity index (χ0n) is 28.6. The summed E-state index contributed by atoms with van der Waals surface area (Å²) in [5, 5.41) is 30.8. The standard InChI is InChI=1S/C36H68N4/c1-29(2)19-11-15-23-35(27-37,24-16-12-20-30(3)4)33(9)39-40-34(10)36(28-38,25-17-13-21-31(5)6)26-18-14-22-32(7)8/h29-34H,11-26H2,1-10H3. The lowest BCUT2D eigenvalue weighted by Gasteiger charge is -2.33. The highest BCUT2D eigenvalue weighted by Gasteiger charge is 2.38. The molecule has 0 aromatic heterocycles. The maximum Gasteiger partial charge on any atom is 0.0866 e. The van der Waals surface area contributed by atoms with Gasteiger partial charge in [-0.2, -0.15) is 20.8 Å². The van der Waals surface area contributed by atoms with Gasteiger partial charge in [-0.1, -0.05) is 132 Å². The largest absolute Gasteiger partial charge is 0.198 e. The minimum atomic E-state index is -0.471. The van der Waals surface area contributed by atoms with Gasteiger partial charge >= 0.3 is 0 Å². The first-order chi connectivity index (χ1) is 18.8. The minimum absolute atomic E-state index is 0.156.